The number of nitrogens with two attached hydrogens (primary N) is 1. The van der Waals surface area contributed by atoms with Crippen molar-refractivity contribution in [3.8, 4) is 0 Å². The second-order valence-electron chi connectivity index (χ2n) is 3.90. The van der Waals surface area contributed by atoms with Crippen LogP contribution in [0.15, 0.2) is 0 Å². The summed E-state index contributed by atoms with van der Waals surface area (Å²) in [6.45, 7) is 3.62. The van der Waals surface area contributed by atoms with E-state index in [9.17, 15) is 0 Å². The quantitative estimate of drug-likeness (QED) is 0.663. The summed E-state index contributed by atoms with van der Waals surface area (Å²) in [6, 6.07) is 0.450. The molecule has 0 aromatic carbocycles. The van der Waals surface area contributed by atoms with Crippen LogP contribution in [0.4, 0.5) is 0 Å². The molecule has 0 spiro atoms. The molecule has 2 nitrogen and oxygen atoms in total. The Bertz CT molecular complexity index is 130. The highest BCUT2D eigenvalue weighted by Crippen LogP contribution is 2.09. The van der Waals surface area contributed by atoms with E-state index in [1.807, 2.05) is 11.8 Å². The van der Waals surface area contributed by atoms with Crippen molar-refractivity contribution in [2.75, 3.05) is 31.6 Å². The minimum atomic E-state index is 0.450. The molecule has 3 heteroatoms. The molecule has 1 aliphatic rings. The van der Waals surface area contributed by atoms with Gasteiger partial charge in [-0.05, 0) is 44.4 Å². The molecule has 0 radical (unpaired) electrons. The summed E-state index contributed by atoms with van der Waals surface area (Å²) >= 11 is 1.95. The number of hydrogen-bond donors (Lipinski definition) is 1. The van der Waals surface area contributed by atoms with Gasteiger partial charge in [0.1, 0.15) is 0 Å². The molecule has 1 unspecified atom stereocenters. The summed E-state index contributed by atoms with van der Waals surface area (Å²) in [7, 11) is 0. The van der Waals surface area contributed by atoms with Crippen molar-refractivity contribution >= 4 is 11.8 Å². The molecule has 0 amide bonds. The lowest BCUT2D eigenvalue weighted by Gasteiger charge is -2.14. The zero-order valence-electron chi connectivity index (χ0n) is 8.67. The first-order valence-corrected chi connectivity index (χ1v) is 6.69. The molecule has 78 valence electrons. The number of unbranched alkanes of at least 4 members (excludes halogenated alkanes) is 2. The maximum atomic E-state index is 5.83. The summed E-state index contributed by atoms with van der Waals surface area (Å²) in [5.41, 5.74) is 5.83. The predicted octanol–water partition coefficient (Wildman–Crippen LogP) is 1.55. The lowest BCUT2D eigenvalue weighted by atomic mass is 10.2. The molecule has 1 heterocycles. The minimum Gasteiger partial charge on any atom is -0.326 e. The van der Waals surface area contributed by atoms with Gasteiger partial charge in [0.05, 0.1) is 0 Å². The average Bonchev–Trinajstić information content (AvgIpc) is 2.51. The normalized spacial score (nSPS) is 24.0. The van der Waals surface area contributed by atoms with Crippen LogP contribution in [0.25, 0.3) is 0 Å². The summed E-state index contributed by atoms with van der Waals surface area (Å²) in [4.78, 5) is 2.50. The Hall–Kier alpha value is 0.270. The molecule has 0 aromatic heterocycles. The van der Waals surface area contributed by atoms with Crippen molar-refractivity contribution in [1.82, 2.24) is 4.90 Å². The monoisotopic (exact) mass is 202 g/mol. The van der Waals surface area contributed by atoms with Crippen molar-refractivity contribution in [3.05, 3.63) is 0 Å². The third kappa shape index (κ3) is 4.89. The van der Waals surface area contributed by atoms with Crippen molar-refractivity contribution in [3.63, 3.8) is 0 Å². The molecule has 1 fully saturated rings. The summed E-state index contributed by atoms with van der Waals surface area (Å²) in [5, 5.41) is 0. The highest BCUT2D eigenvalue weighted by atomic mass is 32.2. The van der Waals surface area contributed by atoms with Crippen molar-refractivity contribution < 1.29 is 0 Å². The third-order valence-corrected chi connectivity index (χ3v) is 3.33. The van der Waals surface area contributed by atoms with Gasteiger partial charge in [-0.25, -0.2) is 0 Å². The lowest BCUT2D eigenvalue weighted by Crippen LogP contribution is -2.27. The van der Waals surface area contributed by atoms with E-state index in [4.69, 9.17) is 5.73 Å². The molecule has 0 bridgehead atoms. The largest absolute Gasteiger partial charge is 0.326 e. The smallest absolute Gasteiger partial charge is 0.0180 e. The van der Waals surface area contributed by atoms with E-state index in [0.29, 0.717) is 6.04 Å². The fourth-order valence-electron chi connectivity index (χ4n) is 1.82. The van der Waals surface area contributed by atoms with Crippen LogP contribution in [0, 0.1) is 0 Å². The Morgan fingerprint density at radius 3 is 2.85 bits per heavy atom. The van der Waals surface area contributed by atoms with E-state index in [2.05, 4.69) is 11.2 Å². The zero-order chi connectivity index (χ0) is 9.52. The van der Waals surface area contributed by atoms with Gasteiger partial charge in [0.2, 0.25) is 0 Å². The highest BCUT2D eigenvalue weighted by Gasteiger charge is 2.17. The van der Waals surface area contributed by atoms with Crippen molar-refractivity contribution in [2.24, 2.45) is 5.73 Å². The van der Waals surface area contributed by atoms with Gasteiger partial charge in [0, 0.05) is 12.6 Å². The molecule has 2 N–H and O–H groups in total. The van der Waals surface area contributed by atoms with Gasteiger partial charge in [0.25, 0.3) is 0 Å². The lowest BCUT2D eigenvalue weighted by molar-refractivity contribution is 0.325. The number of hydrogen-bond acceptors (Lipinski definition) is 3. The van der Waals surface area contributed by atoms with Gasteiger partial charge in [-0.1, -0.05) is 6.42 Å². The number of nitrogens with zero attached hydrogens (tertiary/aromatic N) is 1. The van der Waals surface area contributed by atoms with E-state index in [1.165, 1.54) is 44.5 Å². The fraction of sp³-hybridized carbons (Fsp3) is 1.00. The van der Waals surface area contributed by atoms with Gasteiger partial charge in [-0.3, -0.25) is 0 Å². The summed E-state index contributed by atoms with van der Waals surface area (Å²) in [6.07, 6.45) is 7.49. The molecule has 1 saturated heterocycles. The summed E-state index contributed by atoms with van der Waals surface area (Å²) < 4.78 is 0. The van der Waals surface area contributed by atoms with Crippen LogP contribution in [0.2, 0.25) is 0 Å². The van der Waals surface area contributed by atoms with Gasteiger partial charge < -0.3 is 10.6 Å². The topological polar surface area (TPSA) is 29.3 Å². The van der Waals surface area contributed by atoms with Crippen LogP contribution in [-0.4, -0.2) is 42.6 Å². The Morgan fingerprint density at radius 1 is 1.38 bits per heavy atom. The minimum absolute atomic E-state index is 0.450. The van der Waals surface area contributed by atoms with Crippen molar-refractivity contribution in [2.45, 2.75) is 31.7 Å². The second-order valence-corrected chi connectivity index (χ2v) is 4.89. The molecule has 13 heavy (non-hydrogen) atoms. The summed E-state index contributed by atoms with van der Waals surface area (Å²) in [5.74, 6) is 1.32. The molecule has 0 aliphatic carbocycles. The van der Waals surface area contributed by atoms with Gasteiger partial charge in [-0.2, -0.15) is 11.8 Å². The van der Waals surface area contributed by atoms with E-state index in [0.717, 1.165) is 6.54 Å². The van der Waals surface area contributed by atoms with E-state index < -0.39 is 0 Å². The third-order valence-electron chi connectivity index (χ3n) is 2.63. The molecular formula is C10H22N2S. The first kappa shape index (κ1) is 11.3. The van der Waals surface area contributed by atoms with Crippen LogP contribution < -0.4 is 5.73 Å². The molecule has 1 atom stereocenters. The Morgan fingerprint density at radius 2 is 2.23 bits per heavy atom. The fourth-order valence-corrected chi connectivity index (χ4v) is 2.32. The Labute approximate surface area is 86.2 Å². The molecule has 0 saturated carbocycles. The standard InChI is InChI=1S/C10H22N2S/c1-13-8-4-2-3-6-12-7-5-10(11)9-12/h10H,2-9,11H2,1H3. The van der Waals surface area contributed by atoms with Crippen LogP contribution in [0.3, 0.4) is 0 Å². The second kappa shape index (κ2) is 6.68. The SMILES string of the molecule is CSCCCCCN1CCC(N)C1. The van der Waals surface area contributed by atoms with E-state index in [-0.39, 0.29) is 0 Å². The highest BCUT2D eigenvalue weighted by molar-refractivity contribution is 7.98. The van der Waals surface area contributed by atoms with Crippen molar-refractivity contribution in [1.29, 1.82) is 0 Å². The van der Waals surface area contributed by atoms with Crippen LogP contribution >= 0.6 is 11.8 Å². The van der Waals surface area contributed by atoms with E-state index in [1.54, 1.807) is 0 Å². The molecule has 0 aromatic rings. The maximum Gasteiger partial charge on any atom is 0.0180 e. The molecule has 1 aliphatic heterocycles. The predicted molar refractivity (Wildman–Crippen MR) is 61.3 cm³/mol. The number of likely N-dealkylation sites (tertiary alicyclic amines) is 1. The van der Waals surface area contributed by atoms with E-state index >= 15 is 0 Å². The molecule has 1 rings (SSSR count). The van der Waals surface area contributed by atoms with Gasteiger partial charge in [-0.15, -0.1) is 0 Å². The van der Waals surface area contributed by atoms with Gasteiger partial charge >= 0.3 is 0 Å². The Balaban J connectivity index is 1.88. The average molecular weight is 202 g/mol. The first-order valence-electron chi connectivity index (χ1n) is 5.30. The zero-order valence-corrected chi connectivity index (χ0v) is 9.48. The van der Waals surface area contributed by atoms with Crippen LogP contribution in [0.1, 0.15) is 25.7 Å². The Kier molecular flexibility index (Phi) is 5.83. The maximum absolute atomic E-state index is 5.83. The molecular weight excluding hydrogens is 180 g/mol. The number of thioether (sulfide) groups is 1. The van der Waals surface area contributed by atoms with Crippen LogP contribution in [0.5, 0.6) is 0 Å². The van der Waals surface area contributed by atoms with Gasteiger partial charge in [0.15, 0.2) is 0 Å². The number of rotatable bonds is 6. The first-order chi connectivity index (χ1) is 6.33. The van der Waals surface area contributed by atoms with Crippen LogP contribution in [-0.2, 0) is 0 Å².